The number of β-lactam (4-membered cyclic amide) rings is 1. The Morgan fingerprint density at radius 3 is 2.64 bits per heavy atom. The Kier molecular flexibility index (Phi) is 2.10. The zero-order chi connectivity index (χ0) is 10.3. The summed E-state index contributed by atoms with van der Waals surface area (Å²) in [5.74, 6) is -0.521. The molecule has 0 saturated carbocycles. The van der Waals surface area contributed by atoms with Gasteiger partial charge in [0.05, 0.1) is 6.54 Å². The minimum Gasteiger partial charge on any atom is -0.304 e. The van der Waals surface area contributed by atoms with Gasteiger partial charge in [0.2, 0.25) is 0 Å². The van der Waals surface area contributed by atoms with Crippen LogP contribution in [0.15, 0.2) is 24.3 Å². The normalized spacial score (nSPS) is 26.2. The Bertz CT molecular complexity index is 391. The number of anilines is 1. The van der Waals surface area contributed by atoms with Gasteiger partial charge in [-0.2, -0.15) is 0 Å². The van der Waals surface area contributed by atoms with Crippen LogP contribution < -0.4 is 4.90 Å². The van der Waals surface area contributed by atoms with Crippen LogP contribution in [0, 0.1) is 6.92 Å². The van der Waals surface area contributed by atoms with Crippen molar-refractivity contribution in [1.82, 2.24) is 0 Å². The van der Waals surface area contributed by atoms with Crippen molar-refractivity contribution in [2.75, 3.05) is 11.4 Å². The summed E-state index contributed by atoms with van der Waals surface area (Å²) in [5.41, 5.74) is 1.76. The van der Waals surface area contributed by atoms with Crippen molar-refractivity contribution >= 4 is 27.5 Å². The van der Waals surface area contributed by atoms with Gasteiger partial charge in [0.1, 0.15) is 0 Å². The van der Waals surface area contributed by atoms with Crippen LogP contribution in [0.25, 0.3) is 0 Å². The molecule has 0 aromatic heterocycles. The number of amides is 1. The van der Waals surface area contributed by atoms with Crippen LogP contribution in [-0.2, 0) is 4.79 Å². The third-order valence-electron chi connectivity index (χ3n) is 2.32. The standard InChI is InChI=1S/C10H9BrFNO/c1-7-4-2-3-5-8(7)13-6-10(11,12)9(13)14/h2-5H,6H2,1H3. The van der Waals surface area contributed by atoms with Gasteiger partial charge in [0.15, 0.2) is 0 Å². The Morgan fingerprint density at radius 2 is 2.14 bits per heavy atom. The molecule has 1 fully saturated rings. The van der Waals surface area contributed by atoms with Crippen LogP contribution in [0.3, 0.4) is 0 Å². The number of hydrogen-bond acceptors (Lipinski definition) is 1. The lowest BCUT2D eigenvalue weighted by Gasteiger charge is -2.40. The maximum Gasteiger partial charge on any atom is 0.277 e. The van der Waals surface area contributed by atoms with E-state index in [0.717, 1.165) is 11.3 Å². The Hall–Kier alpha value is -0.900. The zero-order valence-electron chi connectivity index (χ0n) is 7.63. The van der Waals surface area contributed by atoms with Crippen LogP contribution in [0.4, 0.5) is 10.1 Å². The number of para-hydroxylation sites is 1. The summed E-state index contributed by atoms with van der Waals surface area (Å²) in [5, 5.41) is 0. The second-order valence-corrected chi connectivity index (χ2v) is 4.64. The smallest absolute Gasteiger partial charge is 0.277 e. The molecule has 1 saturated heterocycles. The molecule has 1 aliphatic heterocycles. The molecule has 0 aliphatic carbocycles. The highest BCUT2D eigenvalue weighted by atomic mass is 79.9. The molecule has 2 nitrogen and oxygen atoms in total. The number of nitrogens with zero attached hydrogens (tertiary/aromatic N) is 1. The Balaban J connectivity index is 2.28. The lowest BCUT2D eigenvalue weighted by molar-refractivity contribution is -0.130. The van der Waals surface area contributed by atoms with Gasteiger partial charge in [-0.05, 0) is 34.5 Å². The SMILES string of the molecule is Cc1ccccc1N1CC(F)(Br)C1=O. The maximum absolute atomic E-state index is 13.2. The predicted molar refractivity (Wildman–Crippen MR) is 56.3 cm³/mol. The molecule has 0 spiro atoms. The first-order valence-electron chi connectivity index (χ1n) is 4.28. The summed E-state index contributed by atoms with van der Waals surface area (Å²) in [6.07, 6.45) is 0. The lowest BCUT2D eigenvalue weighted by Crippen LogP contribution is -2.61. The highest BCUT2D eigenvalue weighted by molar-refractivity contribution is 9.10. The summed E-state index contributed by atoms with van der Waals surface area (Å²) in [6, 6.07) is 7.44. The minimum atomic E-state index is -1.85. The summed E-state index contributed by atoms with van der Waals surface area (Å²) >= 11 is 2.73. The van der Waals surface area contributed by atoms with Crippen molar-refractivity contribution in [1.29, 1.82) is 0 Å². The zero-order valence-corrected chi connectivity index (χ0v) is 9.21. The molecular formula is C10H9BrFNO. The first-order chi connectivity index (χ1) is 6.52. The van der Waals surface area contributed by atoms with Crippen molar-refractivity contribution in [2.24, 2.45) is 0 Å². The highest BCUT2D eigenvalue weighted by Gasteiger charge is 2.52. The van der Waals surface area contributed by atoms with Gasteiger partial charge in [-0.1, -0.05) is 18.2 Å². The number of rotatable bonds is 1. The number of benzene rings is 1. The van der Waals surface area contributed by atoms with Crippen LogP contribution in [0.5, 0.6) is 0 Å². The van der Waals surface area contributed by atoms with Crippen molar-refractivity contribution in [3.8, 4) is 0 Å². The monoisotopic (exact) mass is 257 g/mol. The van der Waals surface area contributed by atoms with E-state index in [1.807, 2.05) is 31.2 Å². The molecule has 2 rings (SSSR count). The quantitative estimate of drug-likeness (QED) is 0.559. The molecule has 0 bridgehead atoms. The molecule has 0 radical (unpaired) electrons. The van der Waals surface area contributed by atoms with Crippen LogP contribution in [0.2, 0.25) is 0 Å². The van der Waals surface area contributed by atoms with Crippen molar-refractivity contribution in [2.45, 2.75) is 11.5 Å². The fourth-order valence-corrected chi connectivity index (χ4v) is 1.97. The third-order valence-corrected chi connectivity index (χ3v) is 2.91. The lowest BCUT2D eigenvalue weighted by atomic mass is 10.1. The second-order valence-electron chi connectivity index (χ2n) is 3.38. The fourth-order valence-electron chi connectivity index (χ4n) is 1.51. The molecular weight excluding hydrogens is 249 g/mol. The van der Waals surface area contributed by atoms with Gasteiger partial charge in [0, 0.05) is 5.69 Å². The van der Waals surface area contributed by atoms with Gasteiger partial charge in [-0.3, -0.25) is 4.79 Å². The van der Waals surface area contributed by atoms with E-state index in [-0.39, 0.29) is 6.54 Å². The van der Waals surface area contributed by atoms with E-state index in [4.69, 9.17) is 0 Å². The topological polar surface area (TPSA) is 20.3 Å². The number of alkyl halides is 2. The molecule has 1 aliphatic rings. The fraction of sp³-hybridized carbons (Fsp3) is 0.300. The molecule has 4 heteroatoms. The number of carbonyl (C=O) groups is 1. The Morgan fingerprint density at radius 1 is 1.50 bits per heavy atom. The Labute approximate surface area is 89.8 Å². The molecule has 1 atom stereocenters. The van der Waals surface area contributed by atoms with Crippen LogP contribution in [-0.4, -0.2) is 17.0 Å². The number of hydrogen-bond donors (Lipinski definition) is 0. The van der Waals surface area contributed by atoms with Crippen molar-refractivity contribution in [3.05, 3.63) is 29.8 Å². The number of aryl methyl sites for hydroxylation is 1. The summed E-state index contributed by atoms with van der Waals surface area (Å²) in [7, 11) is 0. The molecule has 1 aromatic rings. The molecule has 74 valence electrons. The van der Waals surface area contributed by atoms with Crippen molar-refractivity contribution in [3.63, 3.8) is 0 Å². The van der Waals surface area contributed by atoms with Gasteiger partial charge < -0.3 is 4.90 Å². The molecule has 0 N–H and O–H groups in total. The minimum absolute atomic E-state index is 0.0800. The first kappa shape index (κ1) is 9.65. The van der Waals surface area contributed by atoms with E-state index in [1.54, 1.807) is 0 Å². The molecule has 1 amide bonds. The molecule has 1 unspecified atom stereocenters. The van der Waals surface area contributed by atoms with Gasteiger partial charge in [0.25, 0.3) is 10.5 Å². The van der Waals surface area contributed by atoms with Gasteiger partial charge >= 0.3 is 0 Å². The average molecular weight is 258 g/mol. The predicted octanol–water partition coefficient (Wildman–Crippen LogP) is 2.40. The van der Waals surface area contributed by atoms with E-state index in [9.17, 15) is 9.18 Å². The van der Waals surface area contributed by atoms with E-state index in [1.165, 1.54) is 4.90 Å². The highest BCUT2D eigenvalue weighted by Crippen LogP contribution is 2.37. The van der Waals surface area contributed by atoms with E-state index < -0.39 is 10.5 Å². The van der Waals surface area contributed by atoms with E-state index >= 15 is 0 Å². The van der Waals surface area contributed by atoms with Gasteiger partial charge in [-0.15, -0.1) is 0 Å². The molecule has 1 heterocycles. The second kappa shape index (κ2) is 3.05. The molecule has 1 aromatic carbocycles. The molecule has 14 heavy (non-hydrogen) atoms. The average Bonchev–Trinajstić information content (AvgIpc) is 2.15. The summed E-state index contributed by atoms with van der Waals surface area (Å²) in [6.45, 7) is 1.98. The number of halogens is 2. The van der Waals surface area contributed by atoms with Crippen LogP contribution >= 0.6 is 15.9 Å². The first-order valence-corrected chi connectivity index (χ1v) is 5.07. The van der Waals surface area contributed by atoms with E-state index in [0.29, 0.717) is 0 Å². The van der Waals surface area contributed by atoms with Crippen LogP contribution in [0.1, 0.15) is 5.56 Å². The van der Waals surface area contributed by atoms with Gasteiger partial charge in [-0.25, -0.2) is 4.39 Å². The third kappa shape index (κ3) is 1.34. The van der Waals surface area contributed by atoms with E-state index in [2.05, 4.69) is 15.9 Å². The number of carbonyl (C=O) groups excluding carboxylic acids is 1. The maximum atomic E-state index is 13.2. The summed E-state index contributed by atoms with van der Waals surface area (Å²) < 4.78 is 11.3. The largest absolute Gasteiger partial charge is 0.304 e. The summed E-state index contributed by atoms with van der Waals surface area (Å²) in [4.78, 5) is 12.8. The van der Waals surface area contributed by atoms with Crippen molar-refractivity contribution < 1.29 is 9.18 Å².